The number of benzene rings is 2. The van der Waals surface area contributed by atoms with Crippen LogP contribution in [0.3, 0.4) is 0 Å². The third kappa shape index (κ3) is 2.76. The van der Waals surface area contributed by atoms with Crippen LogP contribution in [0.25, 0.3) is 0 Å². The summed E-state index contributed by atoms with van der Waals surface area (Å²) < 4.78 is 0. The van der Waals surface area contributed by atoms with Gasteiger partial charge < -0.3 is 0 Å². The third-order valence-corrected chi connectivity index (χ3v) is 5.34. The molecule has 0 N–H and O–H groups in total. The SMILES string of the molecule is Cc1cnc(P(c2ccccc2)c2ccccc2)cn1. The Labute approximate surface area is 120 Å². The Morgan fingerprint density at radius 3 is 1.70 bits per heavy atom. The van der Waals surface area contributed by atoms with Crippen molar-refractivity contribution in [2.75, 3.05) is 0 Å². The summed E-state index contributed by atoms with van der Waals surface area (Å²) in [6, 6.07) is 21.1. The van der Waals surface area contributed by atoms with Crippen LogP contribution in [-0.4, -0.2) is 9.97 Å². The number of nitrogens with zero attached hydrogens (tertiary/aromatic N) is 2. The lowest BCUT2D eigenvalue weighted by molar-refractivity contribution is 1.14. The zero-order valence-corrected chi connectivity index (χ0v) is 12.2. The molecule has 0 amide bonds. The summed E-state index contributed by atoms with van der Waals surface area (Å²) >= 11 is 0. The van der Waals surface area contributed by atoms with Gasteiger partial charge in [0.1, 0.15) is 0 Å². The Balaban J connectivity index is 2.11. The normalized spacial score (nSPS) is 10.7. The first-order chi connectivity index (χ1) is 9.84. The van der Waals surface area contributed by atoms with Crippen LogP contribution in [0.2, 0.25) is 0 Å². The molecule has 0 saturated carbocycles. The summed E-state index contributed by atoms with van der Waals surface area (Å²) in [7, 11) is -0.632. The fourth-order valence-electron chi connectivity index (χ4n) is 2.07. The van der Waals surface area contributed by atoms with Crippen molar-refractivity contribution in [2.45, 2.75) is 6.92 Å². The number of hydrogen-bond acceptors (Lipinski definition) is 2. The number of rotatable bonds is 3. The molecule has 98 valence electrons. The van der Waals surface area contributed by atoms with Gasteiger partial charge in [-0.2, -0.15) is 0 Å². The van der Waals surface area contributed by atoms with Crippen molar-refractivity contribution in [1.29, 1.82) is 0 Å². The van der Waals surface area contributed by atoms with Crippen LogP contribution in [0, 0.1) is 6.92 Å². The first kappa shape index (κ1) is 13.0. The lowest BCUT2D eigenvalue weighted by atomic mass is 10.4. The van der Waals surface area contributed by atoms with E-state index < -0.39 is 7.92 Å². The molecule has 0 aliphatic heterocycles. The molecule has 3 aromatic rings. The Morgan fingerprint density at radius 1 is 0.700 bits per heavy atom. The molecule has 0 unspecified atom stereocenters. The van der Waals surface area contributed by atoms with E-state index in [1.807, 2.05) is 31.5 Å². The van der Waals surface area contributed by atoms with Gasteiger partial charge in [-0.3, -0.25) is 9.97 Å². The van der Waals surface area contributed by atoms with Crippen molar-refractivity contribution < 1.29 is 0 Å². The van der Waals surface area contributed by atoms with Gasteiger partial charge in [-0.05, 0) is 17.5 Å². The molecule has 3 rings (SSSR count). The largest absolute Gasteiger partial charge is 0.258 e. The second-order valence-corrected chi connectivity index (χ2v) is 6.68. The highest BCUT2D eigenvalue weighted by Crippen LogP contribution is 2.31. The maximum Gasteiger partial charge on any atom is 0.0903 e. The summed E-state index contributed by atoms with van der Waals surface area (Å²) in [5.41, 5.74) is 1.99. The zero-order valence-electron chi connectivity index (χ0n) is 11.3. The van der Waals surface area contributed by atoms with E-state index in [2.05, 4.69) is 58.5 Å². The second-order valence-electron chi connectivity index (χ2n) is 4.52. The van der Waals surface area contributed by atoms with E-state index in [1.54, 1.807) is 0 Å². The Bertz CT molecular complexity index is 627. The molecule has 1 aromatic heterocycles. The standard InChI is InChI=1S/C17H15N2P/c1-14-12-19-17(13-18-14)20(15-8-4-2-5-9-15)16-10-6-3-7-11-16/h2-13H,1H3. The topological polar surface area (TPSA) is 25.8 Å². The van der Waals surface area contributed by atoms with Crippen molar-refractivity contribution in [3.05, 3.63) is 78.8 Å². The van der Waals surface area contributed by atoms with Gasteiger partial charge in [-0.1, -0.05) is 60.7 Å². The molecular weight excluding hydrogens is 263 g/mol. The quantitative estimate of drug-likeness (QED) is 0.688. The van der Waals surface area contributed by atoms with Crippen LogP contribution < -0.4 is 16.0 Å². The molecule has 0 radical (unpaired) electrons. The molecule has 2 nitrogen and oxygen atoms in total. The molecule has 2 aromatic carbocycles. The molecule has 3 heteroatoms. The highest BCUT2D eigenvalue weighted by molar-refractivity contribution is 7.79. The van der Waals surface area contributed by atoms with E-state index in [0.717, 1.165) is 11.1 Å². The first-order valence-corrected chi connectivity index (χ1v) is 7.87. The second kappa shape index (κ2) is 5.94. The van der Waals surface area contributed by atoms with Crippen LogP contribution in [0.1, 0.15) is 5.69 Å². The molecule has 0 atom stereocenters. The van der Waals surface area contributed by atoms with E-state index in [1.165, 1.54) is 10.6 Å². The van der Waals surface area contributed by atoms with Crippen molar-refractivity contribution in [3.8, 4) is 0 Å². The lowest BCUT2D eigenvalue weighted by Gasteiger charge is -2.17. The van der Waals surface area contributed by atoms with E-state index >= 15 is 0 Å². The van der Waals surface area contributed by atoms with Gasteiger partial charge in [0.05, 0.1) is 17.3 Å². The average molecular weight is 278 g/mol. The van der Waals surface area contributed by atoms with E-state index in [4.69, 9.17) is 0 Å². The third-order valence-electron chi connectivity index (χ3n) is 3.03. The van der Waals surface area contributed by atoms with Crippen LogP contribution in [0.15, 0.2) is 73.1 Å². The minimum absolute atomic E-state index is 0.632. The predicted octanol–water partition coefficient (Wildman–Crippen LogP) is 2.54. The smallest absolute Gasteiger partial charge is 0.0903 e. The van der Waals surface area contributed by atoms with Crippen molar-refractivity contribution in [2.24, 2.45) is 0 Å². The van der Waals surface area contributed by atoms with Crippen molar-refractivity contribution in [1.82, 2.24) is 9.97 Å². The maximum absolute atomic E-state index is 4.60. The van der Waals surface area contributed by atoms with Gasteiger partial charge in [0, 0.05) is 14.1 Å². The van der Waals surface area contributed by atoms with Gasteiger partial charge in [-0.25, -0.2) is 0 Å². The van der Waals surface area contributed by atoms with E-state index in [0.29, 0.717) is 0 Å². The summed E-state index contributed by atoms with van der Waals surface area (Å²) in [6.07, 6.45) is 3.75. The Kier molecular flexibility index (Phi) is 3.85. The summed E-state index contributed by atoms with van der Waals surface area (Å²) in [6.45, 7) is 1.96. The molecule has 20 heavy (non-hydrogen) atoms. The number of aryl methyl sites for hydroxylation is 1. The summed E-state index contributed by atoms with van der Waals surface area (Å²) in [5, 5.41) is 2.60. The van der Waals surface area contributed by atoms with Crippen molar-refractivity contribution >= 4 is 24.0 Å². The first-order valence-electron chi connectivity index (χ1n) is 6.53. The van der Waals surface area contributed by atoms with Gasteiger partial charge in [0.2, 0.25) is 0 Å². The van der Waals surface area contributed by atoms with Gasteiger partial charge in [0.25, 0.3) is 0 Å². The van der Waals surface area contributed by atoms with Gasteiger partial charge in [0.15, 0.2) is 0 Å². The molecule has 0 spiro atoms. The fourth-order valence-corrected chi connectivity index (χ4v) is 4.18. The maximum atomic E-state index is 4.60. The van der Waals surface area contributed by atoms with Crippen LogP contribution >= 0.6 is 7.92 Å². The molecule has 0 fully saturated rings. The Morgan fingerprint density at radius 2 is 1.25 bits per heavy atom. The molecule has 0 bridgehead atoms. The highest BCUT2D eigenvalue weighted by atomic mass is 31.1. The van der Waals surface area contributed by atoms with Crippen LogP contribution in [0.5, 0.6) is 0 Å². The highest BCUT2D eigenvalue weighted by Gasteiger charge is 2.17. The number of aromatic nitrogens is 2. The van der Waals surface area contributed by atoms with Crippen LogP contribution in [-0.2, 0) is 0 Å². The summed E-state index contributed by atoms with van der Waals surface area (Å²) in [4.78, 5) is 9.00. The van der Waals surface area contributed by atoms with E-state index in [9.17, 15) is 0 Å². The monoisotopic (exact) mass is 278 g/mol. The lowest BCUT2D eigenvalue weighted by Crippen LogP contribution is -2.23. The molecule has 1 heterocycles. The minimum atomic E-state index is -0.632. The molecule has 0 aliphatic carbocycles. The Hall–Kier alpha value is -2.05. The fraction of sp³-hybridized carbons (Fsp3) is 0.0588. The van der Waals surface area contributed by atoms with Gasteiger partial charge >= 0.3 is 0 Å². The molecule has 0 aliphatic rings. The number of hydrogen-bond donors (Lipinski definition) is 0. The average Bonchev–Trinajstić information content (AvgIpc) is 2.52. The zero-order chi connectivity index (χ0) is 13.8. The predicted molar refractivity (Wildman–Crippen MR) is 85.5 cm³/mol. The molecular formula is C17H15N2P. The van der Waals surface area contributed by atoms with Crippen LogP contribution in [0.4, 0.5) is 0 Å². The summed E-state index contributed by atoms with van der Waals surface area (Å²) in [5.74, 6) is 0. The van der Waals surface area contributed by atoms with E-state index in [-0.39, 0.29) is 0 Å². The minimum Gasteiger partial charge on any atom is -0.258 e. The molecule has 0 saturated heterocycles. The van der Waals surface area contributed by atoms with Gasteiger partial charge in [-0.15, -0.1) is 0 Å². The van der Waals surface area contributed by atoms with Crippen molar-refractivity contribution in [3.63, 3.8) is 0 Å².